The van der Waals surface area contributed by atoms with Gasteiger partial charge in [0, 0.05) is 61.7 Å². The lowest BCUT2D eigenvalue weighted by Crippen LogP contribution is -2.45. The number of rotatable bonds is 4. The van der Waals surface area contributed by atoms with Gasteiger partial charge < -0.3 is 4.52 Å². The fourth-order valence-corrected chi connectivity index (χ4v) is 3.27. The van der Waals surface area contributed by atoms with Gasteiger partial charge in [-0.25, -0.2) is 0 Å². The Morgan fingerprint density at radius 1 is 1.09 bits per heavy atom. The molecule has 0 aliphatic carbocycles. The topological polar surface area (TPSA) is 45.4 Å². The van der Waals surface area contributed by atoms with E-state index in [2.05, 4.69) is 41.9 Å². The van der Waals surface area contributed by atoms with Gasteiger partial charge in [0.05, 0.1) is 5.69 Å². The van der Waals surface area contributed by atoms with Crippen molar-refractivity contribution in [2.75, 3.05) is 26.2 Å². The maximum atomic E-state index is 5.25. The number of halogens is 1. The first-order valence-corrected chi connectivity index (χ1v) is 8.37. The van der Waals surface area contributed by atoms with E-state index in [1.54, 1.807) is 0 Å². The Labute approximate surface area is 139 Å². The summed E-state index contributed by atoms with van der Waals surface area (Å²) in [6, 6.07) is 2.14. The zero-order valence-corrected chi connectivity index (χ0v) is 14.6. The number of hydrogen-bond acceptors (Lipinski definition) is 5. The van der Waals surface area contributed by atoms with Crippen molar-refractivity contribution in [2.45, 2.75) is 26.9 Å². The molecular weight excluding hydrogens is 344 g/mol. The summed E-state index contributed by atoms with van der Waals surface area (Å²) in [5.41, 5.74) is 3.51. The molecule has 3 rings (SSSR count). The summed E-state index contributed by atoms with van der Waals surface area (Å²) >= 11 is 3.48. The van der Waals surface area contributed by atoms with Crippen LogP contribution in [0.25, 0.3) is 0 Å². The molecule has 2 aromatic heterocycles. The predicted octanol–water partition coefficient (Wildman–Crippen LogP) is 2.77. The number of aromatic nitrogens is 2. The van der Waals surface area contributed by atoms with E-state index >= 15 is 0 Å². The van der Waals surface area contributed by atoms with Crippen LogP contribution < -0.4 is 0 Å². The fourth-order valence-electron chi connectivity index (χ4n) is 2.86. The van der Waals surface area contributed by atoms with Crippen LogP contribution in [0, 0.1) is 13.8 Å². The van der Waals surface area contributed by atoms with Crippen molar-refractivity contribution < 1.29 is 4.52 Å². The highest BCUT2D eigenvalue weighted by Gasteiger charge is 2.20. The molecule has 0 unspecified atom stereocenters. The van der Waals surface area contributed by atoms with Crippen LogP contribution in [0.1, 0.15) is 22.6 Å². The third-order valence-electron chi connectivity index (χ3n) is 4.20. The van der Waals surface area contributed by atoms with Crippen molar-refractivity contribution in [3.63, 3.8) is 0 Å². The van der Waals surface area contributed by atoms with Gasteiger partial charge >= 0.3 is 0 Å². The molecule has 0 aromatic carbocycles. The standard InChI is InChI=1S/C16H21BrN4O/c1-12-16(13(2)22-19-12)11-21-5-3-20(4-6-21)10-14-7-15(17)9-18-8-14/h7-9H,3-6,10-11H2,1-2H3. The van der Waals surface area contributed by atoms with Gasteiger partial charge in [0.2, 0.25) is 0 Å². The molecule has 0 radical (unpaired) electrons. The maximum Gasteiger partial charge on any atom is 0.138 e. The van der Waals surface area contributed by atoms with Crippen LogP contribution in [0.4, 0.5) is 0 Å². The number of piperazine rings is 1. The van der Waals surface area contributed by atoms with Crippen LogP contribution in [0.5, 0.6) is 0 Å². The molecule has 1 fully saturated rings. The van der Waals surface area contributed by atoms with Crippen molar-refractivity contribution in [1.29, 1.82) is 0 Å². The van der Waals surface area contributed by atoms with Gasteiger partial charge in [-0.05, 0) is 41.4 Å². The molecule has 6 heteroatoms. The van der Waals surface area contributed by atoms with Crippen molar-refractivity contribution in [3.8, 4) is 0 Å². The Morgan fingerprint density at radius 2 is 1.77 bits per heavy atom. The lowest BCUT2D eigenvalue weighted by Gasteiger charge is -2.34. The number of hydrogen-bond donors (Lipinski definition) is 0. The summed E-state index contributed by atoms with van der Waals surface area (Å²) in [5.74, 6) is 0.945. The van der Waals surface area contributed by atoms with Gasteiger partial charge in [-0.15, -0.1) is 0 Å². The van der Waals surface area contributed by atoms with E-state index in [1.807, 2.05) is 26.2 Å². The molecule has 3 heterocycles. The molecule has 0 saturated carbocycles. The maximum absolute atomic E-state index is 5.25. The second kappa shape index (κ2) is 6.89. The molecule has 5 nitrogen and oxygen atoms in total. The van der Waals surface area contributed by atoms with E-state index in [-0.39, 0.29) is 0 Å². The Bertz CT molecular complexity index is 615. The number of aryl methyl sites for hydroxylation is 2. The Morgan fingerprint density at radius 3 is 2.36 bits per heavy atom. The summed E-state index contributed by atoms with van der Waals surface area (Å²) in [6.07, 6.45) is 3.77. The highest BCUT2D eigenvalue weighted by Crippen LogP contribution is 2.17. The molecule has 1 aliphatic rings. The SMILES string of the molecule is Cc1noc(C)c1CN1CCN(Cc2cncc(Br)c2)CC1. The number of nitrogens with zero attached hydrogens (tertiary/aromatic N) is 4. The Balaban J connectivity index is 1.52. The van der Waals surface area contributed by atoms with Crippen molar-refractivity contribution in [2.24, 2.45) is 0 Å². The molecule has 0 amide bonds. The first kappa shape index (κ1) is 15.6. The lowest BCUT2D eigenvalue weighted by molar-refractivity contribution is 0.121. The summed E-state index contributed by atoms with van der Waals surface area (Å²) in [6.45, 7) is 10.2. The molecule has 2 aromatic rings. The third-order valence-corrected chi connectivity index (χ3v) is 4.63. The largest absolute Gasteiger partial charge is 0.361 e. The molecule has 0 bridgehead atoms. The molecule has 1 aliphatic heterocycles. The normalized spacial score (nSPS) is 17.0. The molecule has 0 spiro atoms. The highest BCUT2D eigenvalue weighted by atomic mass is 79.9. The molecule has 22 heavy (non-hydrogen) atoms. The van der Waals surface area contributed by atoms with E-state index < -0.39 is 0 Å². The number of pyridine rings is 1. The Hall–Kier alpha value is -1.24. The van der Waals surface area contributed by atoms with E-state index in [0.717, 1.165) is 55.2 Å². The molecular formula is C16H21BrN4O. The van der Waals surface area contributed by atoms with Crippen molar-refractivity contribution >= 4 is 15.9 Å². The average molecular weight is 365 g/mol. The minimum atomic E-state index is 0.938. The molecule has 0 N–H and O–H groups in total. The molecule has 1 saturated heterocycles. The smallest absolute Gasteiger partial charge is 0.138 e. The zero-order valence-electron chi connectivity index (χ0n) is 13.0. The van der Waals surface area contributed by atoms with Crippen molar-refractivity contribution in [1.82, 2.24) is 19.9 Å². The van der Waals surface area contributed by atoms with E-state index in [4.69, 9.17) is 4.52 Å². The van der Waals surface area contributed by atoms with Crippen LogP contribution in [-0.2, 0) is 13.1 Å². The van der Waals surface area contributed by atoms with E-state index in [1.165, 1.54) is 11.1 Å². The fraction of sp³-hybridized carbons (Fsp3) is 0.500. The third kappa shape index (κ3) is 3.74. The lowest BCUT2D eigenvalue weighted by atomic mass is 10.1. The molecule has 0 atom stereocenters. The first-order chi connectivity index (χ1) is 10.6. The highest BCUT2D eigenvalue weighted by molar-refractivity contribution is 9.10. The van der Waals surface area contributed by atoms with Gasteiger partial charge in [0.1, 0.15) is 5.76 Å². The average Bonchev–Trinajstić information content (AvgIpc) is 2.81. The predicted molar refractivity (Wildman–Crippen MR) is 88.5 cm³/mol. The summed E-state index contributed by atoms with van der Waals surface area (Å²) in [4.78, 5) is 9.19. The second-order valence-corrected chi connectivity index (χ2v) is 6.78. The van der Waals surface area contributed by atoms with Crippen molar-refractivity contribution in [3.05, 3.63) is 45.5 Å². The van der Waals surface area contributed by atoms with E-state index in [9.17, 15) is 0 Å². The van der Waals surface area contributed by atoms with Crippen LogP contribution in [0.3, 0.4) is 0 Å². The van der Waals surface area contributed by atoms with Gasteiger partial charge in [0.25, 0.3) is 0 Å². The minimum Gasteiger partial charge on any atom is -0.361 e. The van der Waals surface area contributed by atoms with Gasteiger partial charge in [0.15, 0.2) is 0 Å². The zero-order chi connectivity index (χ0) is 15.5. The van der Waals surface area contributed by atoms with Crippen LogP contribution >= 0.6 is 15.9 Å². The summed E-state index contributed by atoms with van der Waals surface area (Å²) in [7, 11) is 0. The van der Waals surface area contributed by atoms with Crippen LogP contribution in [0.15, 0.2) is 27.5 Å². The van der Waals surface area contributed by atoms with Gasteiger partial charge in [-0.3, -0.25) is 14.8 Å². The minimum absolute atomic E-state index is 0.938. The summed E-state index contributed by atoms with van der Waals surface area (Å²) < 4.78 is 6.29. The molecule has 118 valence electrons. The Kier molecular flexibility index (Phi) is 4.90. The van der Waals surface area contributed by atoms with Gasteiger partial charge in [-0.1, -0.05) is 5.16 Å². The first-order valence-electron chi connectivity index (χ1n) is 7.57. The summed E-state index contributed by atoms with van der Waals surface area (Å²) in [5, 5.41) is 4.04. The van der Waals surface area contributed by atoms with Gasteiger partial charge in [-0.2, -0.15) is 0 Å². The van der Waals surface area contributed by atoms with Crippen LogP contribution in [-0.4, -0.2) is 46.1 Å². The second-order valence-electron chi connectivity index (χ2n) is 5.87. The van der Waals surface area contributed by atoms with E-state index in [0.29, 0.717) is 0 Å². The quantitative estimate of drug-likeness (QED) is 0.834. The monoisotopic (exact) mass is 364 g/mol. The van der Waals surface area contributed by atoms with Crippen LogP contribution in [0.2, 0.25) is 0 Å².